The Hall–Kier alpha value is -3.70. The Morgan fingerprint density at radius 1 is 1.21 bits per heavy atom. The van der Waals surface area contributed by atoms with Crippen LogP contribution in [-0.4, -0.2) is 63.5 Å². The van der Waals surface area contributed by atoms with Crippen LogP contribution in [0.5, 0.6) is 5.75 Å². The van der Waals surface area contributed by atoms with E-state index in [1.165, 1.54) is 0 Å². The molecule has 2 atom stereocenters. The Kier molecular flexibility index (Phi) is 7.24. The van der Waals surface area contributed by atoms with Crippen molar-refractivity contribution in [3.63, 3.8) is 0 Å². The molecule has 1 unspecified atom stereocenters. The average Bonchev–Trinajstić information content (AvgIpc) is 3.40. The maximum absolute atomic E-state index is 11.6. The number of furan rings is 1. The van der Waals surface area contributed by atoms with Gasteiger partial charge in [-0.25, -0.2) is 4.79 Å². The number of thioether (sulfide) groups is 1. The van der Waals surface area contributed by atoms with E-state index in [-0.39, 0.29) is 30.8 Å². The average molecular weight is 486 g/mol. The largest absolute Gasteiger partial charge is 0.491 e. The molecule has 1 saturated heterocycles. The number of nitrogens with one attached hydrogen (secondary N) is 2. The van der Waals surface area contributed by atoms with E-state index >= 15 is 0 Å². The number of carboxylic acid groups (broad SMARTS) is 1. The first kappa shape index (κ1) is 23.5. The minimum atomic E-state index is -1.13. The number of carbonyl (C=O) groups is 3. The lowest BCUT2D eigenvalue weighted by atomic mass is 10.1. The lowest BCUT2D eigenvalue weighted by Gasteiger charge is -2.22. The molecule has 178 valence electrons. The van der Waals surface area contributed by atoms with Crippen molar-refractivity contribution in [2.24, 2.45) is 0 Å². The van der Waals surface area contributed by atoms with Crippen LogP contribution >= 0.6 is 11.8 Å². The molecule has 1 aromatic heterocycles. The molecule has 3 aromatic rings. The second-order valence-corrected chi connectivity index (χ2v) is 8.76. The summed E-state index contributed by atoms with van der Waals surface area (Å²) in [5.41, 5.74) is 2.28. The molecule has 0 aliphatic carbocycles. The van der Waals surface area contributed by atoms with E-state index in [9.17, 15) is 24.6 Å². The summed E-state index contributed by atoms with van der Waals surface area (Å²) in [6, 6.07) is 14.2. The van der Waals surface area contributed by atoms with Crippen molar-refractivity contribution in [1.82, 2.24) is 10.2 Å². The first-order valence-corrected chi connectivity index (χ1v) is 11.4. The van der Waals surface area contributed by atoms with Gasteiger partial charge in [0.15, 0.2) is 5.37 Å². The summed E-state index contributed by atoms with van der Waals surface area (Å²) in [4.78, 5) is 35.7. The second kappa shape index (κ2) is 10.5. The maximum atomic E-state index is 11.6. The fourth-order valence-electron chi connectivity index (χ4n) is 3.43. The first-order valence-electron chi connectivity index (χ1n) is 10.5. The molecule has 10 nitrogen and oxygen atoms in total. The summed E-state index contributed by atoms with van der Waals surface area (Å²) in [6.45, 7) is 0.0449. The van der Waals surface area contributed by atoms with E-state index < -0.39 is 17.6 Å². The van der Waals surface area contributed by atoms with Crippen LogP contribution in [0.25, 0.3) is 11.0 Å². The monoisotopic (exact) mass is 485 g/mol. The van der Waals surface area contributed by atoms with E-state index in [0.29, 0.717) is 17.9 Å². The van der Waals surface area contributed by atoms with Gasteiger partial charge in [-0.05, 0) is 60.1 Å². The Bertz CT molecular complexity index is 1180. The number of rotatable bonds is 10. The van der Waals surface area contributed by atoms with Gasteiger partial charge in [0.05, 0.1) is 12.8 Å². The fourth-order valence-corrected chi connectivity index (χ4v) is 4.17. The van der Waals surface area contributed by atoms with Crippen molar-refractivity contribution < 1.29 is 33.8 Å². The van der Waals surface area contributed by atoms with Crippen LogP contribution < -0.4 is 15.4 Å². The summed E-state index contributed by atoms with van der Waals surface area (Å²) in [6.07, 6.45) is -0.117. The van der Waals surface area contributed by atoms with Gasteiger partial charge in [-0.2, -0.15) is 0 Å². The number of amides is 3. The molecule has 0 spiro atoms. The van der Waals surface area contributed by atoms with E-state index in [0.717, 1.165) is 33.2 Å². The molecule has 2 heterocycles. The molecule has 11 heteroatoms. The maximum Gasteiger partial charge on any atom is 0.407 e. The number of aliphatic hydroxyl groups excluding tert-OH is 1. The molecule has 1 aliphatic rings. The zero-order chi connectivity index (χ0) is 24.1. The third-order valence-corrected chi connectivity index (χ3v) is 6.06. The number of imide groups is 1. The molecule has 0 bridgehead atoms. The zero-order valence-electron chi connectivity index (χ0n) is 18.0. The molecule has 34 heavy (non-hydrogen) atoms. The topological polar surface area (TPSA) is 141 Å². The smallest absolute Gasteiger partial charge is 0.407 e. The predicted molar refractivity (Wildman–Crippen MR) is 126 cm³/mol. The summed E-state index contributed by atoms with van der Waals surface area (Å²) in [7, 11) is 0. The minimum absolute atomic E-state index is 0.0528. The summed E-state index contributed by atoms with van der Waals surface area (Å²) in [5, 5.41) is 24.8. The molecule has 4 rings (SSSR count). The predicted octanol–water partition coefficient (Wildman–Crippen LogP) is 3.12. The van der Waals surface area contributed by atoms with Crippen molar-refractivity contribution in [3.8, 4) is 5.75 Å². The molecule has 1 fully saturated rings. The van der Waals surface area contributed by atoms with E-state index in [1.54, 1.807) is 42.7 Å². The number of ether oxygens (including phenoxy) is 1. The van der Waals surface area contributed by atoms with Gasteiger partial charge < -0.3 is 29.6 Å². The summed E-state index contributed by atoms with van der Waals surface area (Å²) < 4.78 is 10.9. The van der Waals surface area contributed by atoms with Crippen LogP contribution in [0, 0.1) is 0 Å². The Labute approximate surface area is 198 Å². The van der Waals surface area contributed by atoms with E-state index in [4.69, 9.17) is 9.15 Å². The van der Waals surface area contributed by atoms with Crippen LogP contribution in [0.4, 0.5) is 15.3 Å². The molecule has 3 amide bonds. The van der Waals surface area contributed by atoms with Crippen LogP contribution in [0.3, 0.4) is 0 Å². The molecule has 2 aromatic carbocycles. The zero-order valence-corrected chi connectivity index (χ0v) is 18.8. The number of benzene rings is 2. The number of aliphatic hydroxyl groups is 1. The standard InChI is InChI=1S/C23H23N3O7S/c27-17(13-33-18-5-6-19-15(11-18)8-10-32-19)12-26(23(30)31)9-7-14-1-3-16(4-2-14)24-21-20(28)25-22(29)34-21/h1-6,8,10-11,17,21,24,27H,7,9,12-13H2,(H,30,31)(H,25,28,29)/t17-,21?/m0/s1. The fraction of sp³-hybridized carbons (Fsp3) is 0.261. The van der Waals surface area contributed by atoms with Gasteiger partial charge in [0.25, 0.3) is 11.1 Å². The first-order chi connectivity index (χ1) is 16.4. The minimum Gasteiger partial charge on any atom is -0.491 e. The van der Waals surface area contributed by atoms with E-state index in [1.807, 2.05) is 12.1 Å². The Morgan fingerprint density at radius 2 is 2.00 bits per heavy atom. The van der Waals surface area contributed by atoms with Crippen molar-refractivity contribution in [1.29, 1.82) is 0 Å². The quantitative estimate of drug-likeness (QED) is 0.341. The van der Waals surface area contributed by atoms with E-state index in [2.05, 4.69) is 10.6 Å². The van der Waals surface area contributed by atoms with Gasteiger partial charge in [0.2, 0.25) is 0 Å². The number of carbonyl (C=O) groups excluding carboxylic acids is 2. The van der Waals surface area contributed by atoms with Gasteiger partial charge in [-0.3, -0.25) is 14.9 Å². The summed E-state index contributed by atoms with van der Waals surface area (Å²) >= 11 is 0.878. The van der Waals surface area contributed by atoms with Crippen molar-refractivity contribution >= 4 is 45.7 Å². The number of fused-ring (bicyclic) bond motifs is 1. The molecular formula is C23H23N3O7S. The highest BCUT2D eigenvalue weighted by Crippen LogP contribution is 2.23. The van der Waals surface area contributed by atoms with Crippen LogP contribution in [-0.2, 0) is 11.2 Å². The van der Waals surface area contributed by atoms with Gasteiger partial charge in [-0.1, -0.05) is 12.1 Å². The molecule has 0 saturated carbocycles. The molecule has 0 radical (unpaired) electrons. The second-order valence-electron chi connectivity index (χ2n) is 7.68. The van der Waals surface area contributed by atoms with Crippen LogP contribution in [0.15, 0.2) is 59.2 Å². The number of hydrogen-bond donors (Lipinski definition) is 4. The molecule has 4 N–H and O–H groups in total. The van der Waals surface area contributed by atoms with Crippen molar-refractivity contribution in [3.05, 3.63) is 60.4 Å². The number of nitrogens with zero attached hydrogens (tertiary/aromatic N) is 1. The third kappa shape index (κ3) is 6.00. The number of anilines is 1. The highest BCUT2D eigenvalue weighted by Gasteiger charge is 2.31. The normalized spacial score (nSPS) is 16.3. The van der Waals surface area contributed by atoms with Crippen molar-refractivity contribution in [2.45, 2.75) is 17.9 Å². The highest BCUT2D eigenvalue weighted by atomic mass is 32.2. The Morgan fingerprint density at radius 3 is 2.71 bits per heavy atom. The third-order valence-electron chi connectivity index (χ3n) is 5.18. The lowest BCUT2D eigenvalue weighted by molar-refractivity contribution is -0.118. The van der Waals surface area contributed by atoms with Crippen LogP contribution in [0.1, 0.15) is 5.56 Å². The van der Waals surface area contributed by atoms with Gasteiger partial charge in [0.1, 0.15) is 24.0 Å². The summed E-state index contributed by atoms with van der Waals surface area (Å²) in [5.74, 6) is 0.169. The highest BCUT2D eigenvalue weighted by molar-refractivity contribution is 8.15. The molecular weight excluding hydrogens is 462 g/mol. The molecule has 1 aliphatic heterocycles. The lowest BCUT2D eigenvalue weighted by Crippen LogP contribution is -2.40. The van der Waals surface area contributed by atoms with Gasteiger partial charge in [0, 0.05) is 17.6 Å². The van der Waals surface area contributed by atoms with Gasteiger partial charge in [-0.15, -0.1) is 0 Å². The van der Waals surface area contributed by atoms with Crippen LogP contribution in [0.2, 0.25) is 0 Å². The SMILES string of the molecule is O=C1NC(=O)C(Nc2ccc(CCN(C[C@H](O)COc3ccc4occc4c3)C(=O)O)cc2)S1. The van der Waals surface area contributed by atoms with Crippen molar-refractivity contribution in [2.75, 3.05) is 25.0 Å². The Balaban J connectivity index is 1.25. The van der Waals surface area contributed by atoms with Gasteiger partial charge >= 0.3 is 6.09 Å². The number of hydrogen-bond acceptors (Lipinski definition) is 8.